The van der Waals surface area contributed by atoms with Crippen LogP contribution >= 0.6 is 11.3 Å². The number of carbonyl (C=O) groups is 3. The molecular formula is C12H15NO5S. The molecule has 1 aromatic heterocycles. The number of carbonyl (C=O) groups excluding carboxylic acids is 3. The highest BCUT2D eigenvalue weighted by Crippen LogP contribution is 2.09. The fourth-order valence-corrected chi connectivity index (χ4v) is 2.02. The summed E-state index contributed by atoms with van der Waals surface area (Å²) in [7, 11) is 2.49. The third kappa shape index (κ3) is 4.70. The Morgan fingerprint density at radius 1 is 1.32 bits per heavy atom. The van der Waals surface area contributed by atoms with Crippen LogP contribution in [0.5, 0.6) is 0 Å². The van der Waals surface area contributed by atoms with Crippen LogP contribution in [0.25, 0.3) is 0 Å². The van der Waals surface area contributed by atoms with E-state index in [9.17, 15) is 14.4 Å². The molecule has 0 saturated carbocycles. The Bertz CT molecular complexity index is 443. The lowest BCUT2D eigenvalue weighted by Gasteiger charge is -2.15. The second-order valence-corrected chi connectivity index (χ2v) is 4.59. The van der Waals surface area contributed by atoms with Gasteiger partial charge in [-0.25, -0.2) is 4.79 Å². The van der Waals surface area contributed by atoms with E-state index < -0.39 is 18.0 Å². The van der Waals surface area contributed by atoms with Crippen molar-refractivity contribution in [3.05, 3.63) is 22.4 Å². The van der Waals surface area contributed by atoms with Gasteiger partial charge in [0.25, 0.3) is 5.91 Å². The molecule has 0 aliphatic heterocycles. The Balaban J connectivity index is 2.61. The third-order valence-corrected chi connectivity index (χ3v) is 3.27. The molecule has 1 N–H and O–H groups in total. The third-order valence-electron chi connectivity index (χ3n) is 2.40. The Hall–Kier alpha value is -1.89. The van der Waals surface area contributed by atoms with Gasteiger partial charge in [0.1, 0.15) is 6.04 Å². The SMILES string of the molecule is COC(=O)CC[C@H](NC(=O)c1cccs1)C(=O)OC. The molecule has 104 valence electrons. The van der Waals surface area contributed by atoms with Crippen molar-refractivity contribution in [1.82, 2.24) is 5.32 Å². The first-order valence-electron chi connectivity index (χ1n) is 5.57. The van der Waals surface area contributed by atoms with Crippen molar-refractivity contribution in [3.8, 4) is 0 Å². The van der Waals surface area contributed by atoms with E-state index in [0.717, 1.165) is 0 Å². The van der Waals surface area contributed by atoms with Crippen molar-refractivity contribution in [3.63, 3.8) is 0 Å². The van der Waals surface area contributed by atoms with Crippen LogP contribution in [0.4, 0.5) is 0 Å². The summed E-state index contributed by atoms with van der Waals surface area (Å²) in [5.74, 6) is -1.40. The summed E-state index contributed by atoms with van der Waals surface area (Å²) in [6, 6.07) is 2.52. The standard InChI is InChI=1S/C12H15NO5S/c1-17-10(14)6-5-8(12(16)18-2)13-11(15)9-4-3-7-19-9/h3-4,7-8H,5-6H2,1-2H3,(H,13,15)/t8-/m0/s1. The largest absolute Gasteiger partial charge is 0.469 e. The molecule has 1 heterocycles. The second kappa shape index (κ2) is 7.52. The van der Waals surface area contributed by atoms with Gasteiger partial charge in [0.15, 0.2) is 0 Å². The average molecular weight is 285 g/mol. The van der Waals surface area contributed by atoms with Gasteiger partial charge >= 0.3 is 11.9 Å². The van der Waals surface area contributed by atoms with E-state index in [0.29, 0.717) is 4.88 Å². The van der Waals surface area contributed by atoms with E-state index in [4.69, 9.17) is 0 Å². The van der Waals surface area contributed by atoms with Crippen molar-refractivity contribution in [2.24, 2.45) is 0 Å². The van der Waals surface area contributed by atoms with Crippen LogP contribution in [0.3, 0.4) is 0 Å². The van der Waals surface area contributed by atoms with Gasteiger partial charge in [-0.15, -0.1) is 11.3 Å². The lowest BCUT2D eigenvalue weighted by atomic mass is 10.1. The lowest BCUT2D eigenvalue weighted by molar-refractivity contribution is -0.144. The van der Waals surface area contributed by atoms with Crippen LogP contribution in [0.1, 0.15) is 22.5 Å². The zero-order valence-corrected chi connectivity index (χ0v) is 11.5. The van der Waals surface area contributed by atoms with Gasteiger partial charge in [0.05, 0.1) is 19.1 Å². The first-order valence-corrected chi connectivity index (χ1v) is 6.45. The van der Waals surface area contributed by atoms with Gasteiger partial charge in [-0.05, 0) is 17.9 Å². The van der Waals surface area contributed by atoms with Crippen molar-refractivity contribution < 1.29 is 23.9 Å². The normalized spacial score (nSPS) is 11.5. The number of amides is 1. The van der Waals surface area contributed by atoms with E-state index in [1.807, 2.05) is 0 Å². The highest BCUT2D eigenvalue weighted by molar-refractivity contribution is 7.12. The van der Waals surface area contributed by atoms with Crippen LogP contribution in [0.2, 0.25) is 0 Å². The molecule has 0 aliphatic carbocycles. The number of rotatable bonds is 6. The van der Waals surface area contributed by atoms with Crippen LogP contribution in [-0.4, -0.2) is 38.1 Å². The van der Waals surface area contributed by atoms with Gasteiger partial charge in [-0.2, -0.15) is 0 Å². The van der Waals surface area contributed by atoms with Crippen LogP contribution in [0, 0.1) is 0 Å². The van der Waals surface area contributed by atoms with Gasteiger partial charge in [-0.3, -0.25) is 9.59 Å². The fraction of sp³-hybridized carbons (Fsp3) is 0.417. The molecule has 0 fully saturated rings. The smallest absolute Gasteiger partial charge is 0.328 e. The Labute approximate surface area is 114 Å². The molecule has 0 saturated heterocycles. The maximum atomic E-state index is 11.8. The highest BCUT2D eigenvalue weighted by atomic mass is 32.1. The number of ether oxygens (including phenoxy) is 2. The van der Waals surface area contributed by atoms with Crippen molar-refractivity contribution in [2.45, 2.75) is 18.9 Å². The number of hydrogen-bond acceptors (Lipinski definition) is 6. The molecule has 1 aromatic rings. The molecule has 0 aliphatic rings. The maximum Gasteiger partial charge on any atom is 0.328 e. The van der Waals surface area contributed by atoms with Gasteiger partial charge in [0, 0.05) is 6.42 Å². The molecule has 19 heavy (non-hydrogen) atoms. The number of hydrogen-bond donors (Lipinski definition) is 1. The molecule has 0 unspecified atom stereocenters. The van der Waals surface area contributed by atoms with Crippen molar-refractivity contribution in [2.75, 3.05) is 14.2 Å². The zero-order valence-electron chi connectivity index (χ0n) is 10.7. The minimum atomic E-state index is -0.862. The van der Waals surface area contributed by atoms with E-state index in [1.165, 1.54) is 25.6 Å². The summed E-state index contributed by atoms with van der Waals surface area (Å²) >= 11 is 1.27. The predicted molar refractivity (Wildman–Crippen MR) is 68.8 cm³/mol. The topological polar surface area (TPSA) is 81.7 Å². The van der Waals surface area contributed by atoms with Crippen LogP contribution in [0.15, 0.2) is 17.5 Å². The van der Waals surface area contributed by atoms with E-state index >= 15 is 0 Å². The summed E-state index contributed by atoms with van der Waals surface area (Å²) in [6.07, 6.45) is 0.164. The molecule has 7 heteroatoms. The quantitative estimate of drug-likeness (QED) is 0.788. The minimum absolute atomic E-state index is 0.0288. The number of thiophene rings is 1. The maximum absolute atomic E-state index is 11.8. The van der Waals surface area contributed by atoms with Crippen molar-refractivity contribution in [1.29, 1.82) is 0 Å². The molecule has 6 nitrogen and oxygen atoms in total. The van der Waals surface area contributed by atoms with E-state index in [-0.39, 0.29) is 18.7 Å². The second-order valence-electron chi connectivity index (χ2n) is 3.64. The number of esters is 2. The summed E-state index contributed by atoms with van der Waals surface area (Å²) in [5.41, 5.74) is 0. The monoisotopic (exact) mass is 285 g/mol. The van der Waals surface area contributed by atoms with Gasteiger partial charge in [0.2, 0.25) is 0 Å². The summed E-state index contributed by atoms with van der Waals surface area (Å²) in [6.45, 7) is 0. The first-order chi connectivity index (χ1) is 9.08. The van der Waals surface area contributed by atoms with Crippen LogP contribution < -0.4 is 5.32 Å². The van der Waals surface area contributed by atoms with Gasteiger partial charge < -0.3 is 14.8 Å². The van der Waals surface area contributed by atoms with Gasteiger partial charge in [-0.1, -0.05) is 6.07 Å². The highest BCUT2D eigenvalue weighted by Gasteiger charge is 2.23. The molecule has 1 amide bonds. The minimum Gasteiger partial charge on any atom is -0.469 e. The predicted octanol–water partition coefficient (Wildman–Crippen LogP) is 0.973. The first kappa shape index (κ1) is 15.2. The van der Waals surface area contributed by atoms with E-state index in [1.54, 1.807) is 17.5 Å². The molecular weight excluding hydrogens is 270 g/mol. The number of methoxy groups -OCH3 is 2. The lowest BCUT2D eigenvalue weighted by Crippen LogP contribution is -2.41. The molecule has 1 rings (SSSR count). The zero-order chi connectivity index (χ0) is 14.3. The summed E-state index contributed by atoms with van der Waals surface area (Å²) < 4.78 is 9.08. The molecule has 1 atom stereocenters. The van der Waals surface area contributed by atoms with Crippen molar-refractivity contribution >= 4 is 29.2 Å². The fourth-order valence-electron chi connectivity index (χ4n) is 1.39. The van der Waals surface area contributed by atoms with E-state index in [2.05, 4.69) is 14.8 Å². The molecule has 0 aromatic carbocycles. The molecule has 0 bridgehead atoms. The summed E-state index contributed by atoms with van der Waals surface area (Å²) in [4.78, 5) is 34.9. The average Bonchev–Trinajstić information content (AvgIpc) is 2.95. The molecule has 0 radical (unpaired) electrons. The van der Waals surface area contributed by atoms with Crippen LogP contribution in [-0.2, 0) is 19.1 Å². The molecule has 0 spiro atoms. The number of nitrogens with one attached hydrogen (secondary N) is 1. The Morgan fingerprint density at radius 3 is 2.58 bits per heavy atom. The Morgan fingerprint density at radius 2 is 2.05 bits per heavy atom. The summed E-state index contributed by atoms with van der Waals surface area (Å²) in [5, 5.41) is 4.30. The Kier molecular flexibility index (Phi) is 6.01.